The van der Waals surface area contributed by atoms with E-state index < -0.39 is 0 Å². The number of hydroxylamine groups is 2. The molecule has 114 valence electrons. The smallest absolute Gasteiger partial charge is 0.611 e. The molecule has 4 rings (SSSR count). The molecule has 2 amide bonds. The van der Waals surface area contributed by atoms with E-state index in [1.807, 2.05) is 0 Å². The molecule has 1 spiro atoms. The molecule has 1 aromatic rings. The zero-order valence-electron chi connectivity index (χ0n) is 11.8. The molecule has 1 aromatic heterocycles. The van der Waals surface area contributed by atoms with Gasteiger partial charge in [0.25, 0.3) is 0 Å². The first-order valence-corrected chi connectivity index (χ1v) is 6.08. The fourth-order valence-electron chi connectivity index (χ4n) is 3.35. The number of piperidine rings is 1. The summed E-state index contributed by atoms with van der Waals surface area (Å²) in [5.41, 5.74) is 0.178. The quantitative estimate of drug-likeness (QED) is 0.459. The summed E-state index contributed by atoms with van der Waals surface area (Å²) in [5, 5.41) is 9.00. The summed E-state index contributed by atoms with van der Waals surface area (Å²) in [4.78, 5) is 19.3. The number of rotatable bonds is 2. The van der Waals surface area contributed by atoms with E-state index in [4.69, 9.17) is 9.25 Å². The van der Waals surface area contributed by atoms with Gasteiger partial charge in [0.2, 0.25) is 0 Å². The number of aromatic nitrogens is 2. The average molecular weight is 632 g/mol. The summed E-state index contributed by atoms with van der Waals surface area (Å²) in [6, 6.07) is -0.0669. The maximum atomic E-state index is 12.3. The molecule has 2 saturated heterocycles. The molecule has 9 heteroatoms. The van der Waals surface area contributed by atoms with Gasteiger partial charge < -0.3 is 16.7 Å². The third-order valence-electron chi connectivity index (χ3n) is 4.48. The van der Waals surface area contributed by atoms with Gasteiger partial charge in [-0.25, -0.2) is 15.0 Å². The van der Waals surface area contributed by atoms with Gasteiger partial charge in [0.1, 0.15) is 0 Å². The molecule has 0 radical (unpaired) electrons. The number of hydrogen-bond acceptors (Lipinski definition) is 5. The minimum absolute atomic E-state index is 0. The number of fused-ring (bicyclic) bond motifs is 3. The molecule has 1 saturated carbocycles. The van der Waals surface area contributed by atoms with Gasteiger partial charge in [-0.2, -0.15) is 5.06 Å². The summed E-state index contributed by atoms with van der Waals surface area (Å²) in [6.07, 6.45) is 5.49. The van der Waals surface area contributed by atoms with Gasteiger partial charge in [0.05, 0.1) is 25.4 Å². The molecular weight excluding hydrogens is 616 g/mol. The van der Waals surface area contributed by atoms with Gasteiger partial charge in [0, 0.05) is 33.7 Å². The Kier molecular flexibility index (Phi) is 5.79. The van der Waals surface area contributed by atoms with Crippen molar-refractivity contribution in [1.82, 2.24) is 20.2 Å². The molecule has 7 nitrogen and oxygen atoms in total. The molecule has 0 N–H and O–H groups in total. The van der Waals surface area contributed by atoms with Crippen LogP contribution in [-0.4, -0.2) is 45.9 Å². The van der Waals surface area contributed by atoms with E-state index in [9.17, 15) is 4.79 Å². The molecule has 3 aliphatic rings. The number of hydrogen-bond donors (Lipinski definition) is 0. The molecule has 0 aromatic carbocycles. The van der Waals surface area contributed by atoms with Gasteiger partial charge in [-0.3, -0.25) is 4.84 Å². The van der Waals surface area contributed by atoms with Crippen LogP contribution >= 0.6 is 0 Å². The van der Waals surface area contributed by atoms with Gasteiger partial charge in [0.15, 0.2) is 0 Å². The largest absolute Gasteiger partial charge is 2.00 e. The third kappa shape index (κ3) is 2.62. The van der Waals surface area contributed by atoms with Crippen molar-refractivity contribution in [3.63, 3.8) is 0 Å². The van der Waals surface area contributed by atoms with Crippen molar-refractivity contribution in [3.05, 3.63) is 19.7 Å². The minimum atomic E-state index is -0.129. The summed E-state index contributed by atoms with van der Waals surface area (Å²) >= 11 is 0. The molecule has 21 heavy (non-hydrogen) atoms. The first kappa shape index (κ1) is 18.8. The van der Waals surface area contributed by atoms with Crippen molar-refractivity contribution in [2.24, 2.45) is 5.41 Å². The van der Waals surface area contributed by atoms with Gasteiger partial charge in [-0.05, 0) is 24.7 Å². The number of carbonyl (C=O) groups excluding carboxylic acids is 1. The second-order valence-corrected chi connectivity index (χ2v) is 5.27. The van der Waals surface area contributed by atoms with Crippen molar-refractivity contribution in [2.45, 2.75) is 31.3 Å². The third-order valence-corrected chi connectivity index (χ3v) is 4.48. The van der Waals surface area contributed by atoms with E-state index in [1.165, 1.54) is 5.06 Å². The Morgan fingerprint density at radius 1 is 1.48 bits per heavy atom. The molecule has 2 bridgehead atoms. The maximum Gasteiger partial charge on any atom is 2.00 e. The first-order valence-electron chi connectivity index (χ1n) is 6.08. The number of urea groups is 1. The zero-order valence-corrected chi connectivity index (χ0v) is 17.7. The fourth-order valence-corrected chi connectivity index (χ4v) is 3.35. The Morgan fingerprint density at radius 3 is 2.71 bits per heavy atom. The normalized spacial score (nSPS) is 27.8. The van der Waals surface area contributed by atoms with Crippen LogP contribution in [0, 0.1) is 19.2 Å². The van der Waals surface area contributed by atoms with Crippen molar-refractivity contribution >= 4 is 6.03 Å². The van der Waals surface area contributed by atoms with Crippen LogP contribution < -0.4 is 0 Å². The summed E-state index contributed by atoms with van der Waals surface area (Å²) in [5.74, 6) is 0.478. The van der Waals surface area contributed by atoms with Crippen LogP contribution in [0.2, 0.25) is 0 Å². The maximum absolute atomic E-state index is 12.3. The van der Waals surface area contributed by atoms with Crippen LogP contribution in [-0.2, 0) is 47.0 Å². The fraction of sp³-hybridized carbons (Fsp3) is 0.667. The Balaban J connectivity index is 0.000000735. The molecule has 3 heterocycles. The topological polar surface area (TPSA) is 71.7 Å². The molecule has 1 aliphatic carbocycles. The Bertz CT molecular complexity index is 495. The SMILES string of the molecule is CON1C(=O)N2CC1C1(CC1)CC2c1nn[c-]o1.[CH3-].[W+2].[W]. The van der Waals surface area contributed by atoms with Crippen molar-refractivity contribution in [3.8, 4) is 0 Å². The van der Waals surface area contributed by atoms with E-state index in [-0.39, 0.29) is 73.1 Å². The second kappa shape index (κ2) is 6.47. The molecule has 2 atom stereocenters. The molecule has 3 fully saturated rings. The monoisotopic (exact) mass is 632 g/mol. The first-order chi connectivity index (χ1) is 8.75. The van der Waals surface area contributed by atoms with Crippen LogP contribution in [0.4, 0.5) is 4.79 Å². The Labute approximate surface area is 152 Å². The van der Waals surface area contributed by atoms with Crippen molar-refractivity contribution in [1.29, 1.82) is 0 Å². The van der Waals surface area contributed by atoms with Crippen molar-refractivity contribution < 1.29 is 56.2 Å². The minimum Gasteiger partial charge on any atom is -0.611 e. The van der Waals surface area contributed by atoms with Crippen molar-refractivity contribution in [2.75, 3.05) is 13.7 Å². The van der Waals surface area contributed by atoms with E-state index in [2.05, 4.69) is 16.6 Å². The molecular formula is C12H16N4O3W2. The van der Waals surface area contributed by atoms with Gasteiger partial charge >= 0.3 is 27.1 Å². The van der Waals surface area contributed by atoms with E-state index in [0.717, 1.165) is 19.3 Å². The van der Waals surface area contributed by atoms with Crippen LogP contribution in [0.1, 0.15) is 31.2 Å². The summed E-state index contributed by atoms with van der Waals surface area (Å²) < 4.78 is 5.16. The standard InChI is InChI=1S/C11H13N4O3.CH3.2W/c1-17-15-8-5-14(10(15)16)7(4-11(8)2-3-11)9-13-12-6-18-9;;;/h7-8H,2-5H2,1H3;1H3;;/q2*-1;;+2. The van der Waals surface area contributed by atoms with E-state index in [1.54, 1.807) is 12.0 Å². The van der Waals surface area contributed by atoms with Crippen LogP contribution in [0.25, 0.3) is 0 Å². The van der Waals surface area contributed by atoms with Gasteiger partial charge in [-0.15, -0.1) is 0 Å². The predicted octanol–water partition coefficient (Wildman–Crippen LogP) is 1.21. The molecule has 2 aliphatic heterocycles. The Hall–Kier alpha value is -0.253. The molecule has 2 unspecified atom stereocenters. The van der Waals surface area contributed by atoms with E-state index in [0.29, 0.717) is 12.4 Å². The van der Waals surface area contributed by atoms with Crippen LogP contribution in [0.3, 0.4) is 0 Å². The van der Waals surface area contributed by atoms with Crippen LogP contribution in [0.15, 0.2) is 4.42 Å². The van der Waals surface area contributed by atoms with E-state index >= 15 is 0 Å². The van der Waals surface area contributed by atoms with Gasteiger partial charge in [-0.1, -0.05) is 0 Å². The summed E-state index contributed by atoms with van der Waals surface area (Å²) in [7, 11) is 1.55. The average Bonchev–Trinajstić information content (AvgIpc) is 2.87. The number of nitrogens with zero attached hydrogens (tertiary/aromatic N) is 4. The second-order valence-electron chi connectivity index (χ2n) is 5.27. The number of amides is 2. The predicted molar refractivity (Wildman–Crippen MR) is 63.3 cm³/mol. The summed E-state index contributed by atoms with van der Waals surface area (Å²) in [6.45, 7) is 0.680. The van der Waals surface area contributed by atoms with Crippen LogP contribution in [0.5, 0.6) is 0 Å². The Morgan fingerprint density at radius 2 is 2.19 bits per heavy atom. The number of carbonyl (C=O) groups is 1. The zero-order chi connectivity index (χ0) is 12.3.